The predicted octanol–water partition coefficient (Wildman–Crippen LogP) is 5.12. The van der Waals surface area contributed by atoms with Crippen molar-refractivity contribution in [1.29, 1.82) is 0 Å². The van der Waals surface area contributed by atoms with Crippen LogP contribution in [0.2, 0.25) is 0 Å². The minimum Gasteiger partial charge on any atom is -0.349 e. The monoisotopic (exact) mass is 499 g/mol. The summed E-state index contributed by atoms with van der Waals surface area (Å²) in [5.41, 5.74) is 3.49. The number of hydrogen-bond donors (Lipinski definition) is 1. The van der Waals surface area contributed by atoms with Crippen molar-refractivity contribution in [2.75, 3.05) is 13.1 Å². The minimum atomic E-state index is -4.16. The van der Waals surface area contributed by atoms with E-state index >= 15 is 0 Å². The van der Waals surface area contributed by atoms with Crippen molar-refractivity contribution in [2.24, 2.45) is 5.92 Å². The van der Waals surface area contributed by atoms with Gasteiger partial charge in [0, 0.05) is 49.0 Å². The van der Waals surface area contributed by atoms with E-state index in [2.05, 4.69) is 20.3 Å². The van der Waals surface area contributed by atoms with Gasteiger partial charge in [0.15, 0.2) is 0 Å². The normalized spacial score (nSPS) is 20.9. The molecule has 2 aliphatic rings. The van der Waals surface area contributed by atoms with Crippen molar-refractivity contribution < 1.29 is 18.0 Å². The highest BCUT2D eigenvalue weighted by molar-refractivity contribution is 6.06. The molecule has 0 bridgehead atoms. The van der Waals surface area contributed by atoms with Crippen LogP contribution in [-0.4, -0.2) is 50.9 Å². The first kappa shape index (κ1) is 24.7. The van der Waals surface area contributed by atoms with Crippen LogP contribution >= 0.6 is 0 Å². The van der Waals surface area contributed by atoms with Crippen LogP contribution in [0.5, 0.6) is 0 Å². The number of aromatic nitrogens is 3. The van der Waals surface area contributed by atoms with Gasteiger partial charge < -0.3 is 5.32 Å². The number of fused-ring (bicyclic) bond motifs is 2. The maximum Gasteiger partial charge on any atom is 0.390 e. The SMILES string of the molecule is O=C(N[C@H]1CC[C@H](CCN2CCc3cn(CCC(F)(F)F)nc3C2)CC1)c1cccc2ncccc12. The highest BCUT2D eigenvalue weighted by Gasteiger charge is 2.28. The molecule has 9 heteroatoms. The molecule has 6 nitrogen and oxygen atoms in total. The van der Waals surface area contributed by atoms with Crippen molar-refractivity contribution in [3.05, 3.63) is 59.5 Å². The zero-order valence-corrected chi connectivity index (χ0v) is 20.3. The fourth-order valence-electron chi connectivity index (χ4n) is 5.49. The lowest BCUT2D eigenvalue weighted by molar-refractivity contribution is -0.137. The largest absolute Gasteiger partial charge is 0.390 e. The number of rotatable bonds is 7. The number of pyridine rings is 1. The molecule has 1 amide bonds. The summed E-state index contributed by atoms with van der Waals surface area (Å²) in [5.74, 6) is 0.599. The molecule has 5 rings (SSSR count). The van der Waals surface area contributed by atoms with Crippen molar-refractivity contribution in [3.8, 4) is 0 Å². The van der Waals surface area contributed by atoms with Gasteiger partial charge in [0.25, 0.3) is 5.91 Å². The lowest BCUT2D eigenvalue weighted by Crippen LogP contribution is -2.38. The van der Waals surface area contributed by atoms with E-state index in [1.54, 1.807) is 12.4 Å². The number of aryl methyl sites for hydroxylation is 1. The van der Waals surface area contributed by atoms with E-state index in [4.69, 9.17) is 0 Å². The summed E-state index contributed by atoms with van der Waals surface area (Å²) in [6.07, 6.45) is 4.58. The number of carbonyl (C=O) groups is 1. The Labute approximate surface area is 208 Å². The Kier molecular flexibility index (Phi) is 7.27. The van der Waals surface area contributed by atoms with Crippen LogP contribution in [0.3, 0.4) is 0 Å². The van der Waals surface area contributed by atoms with E-state index in [0.717, 1.165) is 73.8 Å². The molecule has 1 saturated carbocycles. The molecule has 0 spiro atoms. The number of carbonyl (C=O) groups excluding carboxylic acids is 1. The third kappa shape index (κ3) is 6.06. The Morgan fingerprint density at radius 3 is 2.72 bits per heavy atom. The predicted molar refractivity (Wildman–Crippen MR) is 131 cm³/mol. The summed E-state index contributed by atoms with van der Waals surface area (Å²) >= 11 is 0. The van der Waals surface area contributed by atoms with E-state index in [1.807, 2.05) is 30.3 Å². The summed E-state index contributed by atoms with van der Waals surface area (Å²) < 4.78 is 39.0. The number of amides is 1. The zero-order chi connectivity index (χ0) is 25.1. The van der Waals surface area contributed by atoms with Crippen LogP contribution in [0, 0.1) is 5.92 Å². The lowest BCUT2D eigenvalue weighted by Gasteiger charge is -2.32. The number of benzene rings is 1. The highest BCUT2D eigenvalue weighted by Crippen LogP contribution is 2.29. The molecule has 36 heavy (non-hydrogen) atoms. The Morgan fingerprint density at radius 1 is 1.08 bits per heavy atom. The van der Waals surface area contributed by atoms with Gasteiger partial charge in [-0.1, -0.05) is 12.1 Å². The number of alkyl halides is 3. The van der Waals surface area contributed by atoms with Crippen molar-refractivity contribution in [3.63, 3.8) is 0 Å². The van der Waals surface area contributed by atoms with Crippen molar-refractivity contribution in [2.45, 2.75) is 70.3 Å². The first-order valence-electron chi connectivity index (χ1n) is 12.8. The first-order chi connectivity index (χ1) is 17.3. The lowest BCUT2D eigenvalue weighted by atomic mass is 9.84. The molecular formula is C27H32F3N5O. The topological polar surface area (TPSA) is 63.1 Å². The average molecular weight is 500 g/mol. The van der Waals surface area contributed by atoms with Gasteiger partial charge >= 0.3 is 6.18 Å². The van der Waals surface area contributed by atoms with Crippen LogP contribution in [0.15, 0.2) is 42.7 Å². The molecule has 3 aromatic rings. The van der Waals surface area contributed by atoms with Gasteiger partial charge in [-0.25, -0.2) is 0 Å². The Hall–Kier alpha value is -2.94. The molecule has 0 saturated heterocycles. The van der Waals surface area contributed by atoms with E-state index in [9.17, 15) is 18.0 Å². The van der Waals surface area contributed by atoms with Gasteiger partial charge in [-0.05, 0) is 74.8 Å². The number of hydrogen-bond acceptors (Lipinski definition) is 4. The molecule has 1 aromatic carbocycles. The van der Waals surface area contributed by atoms with Gasteiger partial charge in [0.2, 0.25) is 0 Å². The zero-order valence-electron chi connectivity index (χ0n) is 20.3. The van der Waals surface area contributed by atoms with Crippen LogP contribution in [0.4, 0.5) is 13.2 Å². The summed E-state index contributed by atoms with van der Waals surface area (Å²) in [6, 6.07) is 9.63. The quantitative estimate of drug-likeness (QED) is 0.490. The summed E-state index contributed by atoms with van der Waals surface area (Å²) in [4.78, 5) is 19.6. The molecule has 1 fully saturated rings. The second-order valence-electron chi connectivity index (χ2n) is 10.1. The van der Waals surface area contributed by atoms with Crippen molar-refractivity contribution in [1.82, 2.24) is 25.0 Å². The Balaban J connectivity index is 1.06. The van der Waals surface area contributed by atoms with Gasteiger partial charge in [0.1, 0.15) is 0 Å². The first-order valence-corrected chi connectivity index (χ1v) is 12.8. The molecule has 192 valence electrons. The molecule has 1 aliphatic heterocycles. The standard InChI is InChI=1S/C27H32F3N5O/c28-27(29,30)12-16-35-17-20-11-15-34(18-25(20)33-35)14-10-19-6-8-21(9-7-19)32-26(36)23-3-1-5-24-22(23)4-2-13-31-24/h1-5,13,17,19,21H,6-12,14-16,18H2,(H,32,36)/t19-,21-. The molecular weight excluding hydrogens is 467 g/mol. The summed E-state index contributed by atoms with van der Waals surface area (Å²) in [6.45, 7) is 2.48. The number of nitrogens with one attached hydrogen (secondary N) is 1. The molecule has 3 heterocycles. The van der Waals surface area contributed by atoms with Crippen LogP contribution in [-0.2, 0) is 19.5 Å². The molecule has 2 aromatic heterocycles. The highest BCUT2D eigenvalue weighted by atomic mass is 19.4. The Bertz CT molecular complexity index is 1190. The number of halogens is 3. The van der Waals surface area contributed by atoms with Crippen LogP contribution in [0.25, 0.3) is 10.9 Å². The summed E-state index contributed by atoms with van der Waals surface area (Å²) in [7, 11) is 0. The molecule has 0 unspecified atom stereocenters. The second kappa shape index (κ2) is 10.6. The molecule has 0 radical (unpaired) electrons. The average Bonchev–Trinajstić information content (AvgIpc) is 3.29. The third-order valence-corrected chi connectivity index (χ3v) is 7.55. The van der Waals surface area contributed by atoms with Gasteiger partial charge in [-0.2, -0.15) is 18.3 Å². The van der Waals surface area contributed by atoms with Crippen LogP contribution in [0.1, 0.15) is 60.1 Å². The van der Waals surface area contributed by atoms with E-state index in [0.29, 0.717) is 18.0 Å². The Morgan fingerprint density at radius 2 is 1.92 bits per heavy atom. The fraction of sp³-hybridized carbons (Fsp3) is 0.519. The van der Waals surface area contributed by atoms with Gasteiger partial charge in [0.05, 0.1) is 17.6 Å². The number of nitrogens with zero attached hydrogens (tertiary/aromatic N) is 4. The smallest absolute Gasteiger partial charge is 0.349 e. The second-order valence-corrected chi connectivity index (χ2v) is 10.1. The molecule has 1 N–H and O–H groups in total. The van der Waals surface area contributed by atoms with Gasteiger partial charge in [-0.15, -0.1) is 0 Å². The summed E-state index contributed by atoms with van der Waals surface area (Å²) in [5, 5.41) is 8.52. The molecule has 1 aliphatic carbocycles. The van der Waals surface area contributed by atoms with Gasteiger partial charge in [-0.3, -0.25) is 19.4 Å². The third-order valence-electron chi connectivity index (χ3n) is 7.55. The van der Waals surface area contributed by atoms with Crippen molar-refractivity contribution >= 4 is 16.8 Å². The maximum atomic E-state index is 12.9. The fourth-order valence-corrected chi connectivity index (χ4v) is 5.49. The van der Waals surface area contributed by atoms with E-state index in [-0.39, 0.29) is 18.5 Å². The minimum absolute atomic E-state index is 0.0316. The maximum absolute atomic E-state index is 12.9. The van der Waals surface area contributed by atoms with E-state index in [1.165, 1.54) is 4.68 Å². The van der Waals surface area contributed by atoms with E-state index < -0.39 is 12.6 Å². The molecule has 0 atom stereocenters. The van der Waals surface area contributed by atoms with Crippen LogP contribution < -0.4 is 5.32 Å².